The van der Waals surface area contributed by atoms with Gasteiger partial charge in [-0.05, 0) is 48.9 Å². The molecular weight excluding hydrogens is 403 g/mol. The van der Waals surface area contributed by atoms with Crippen LogP contribution in [0.2, 0.25) is 0 Å². The molecule has 0 atom stereocenters. The lowest BCUT2D eigenvalue weighted by molar-refractivity contribution is -0.137. The predicted octanol–water partition coefficient (Wildman–Crippen LogP) is 5.34. The molecule has 0 aliphatic rings. The Kier molecular flexibility index (Phi) is 5.50. The van der Waals surface area contributed by atoms with Crippen molar-refractivity contribution in [2.75, 3.05) is 0 Å². The highest BCUT2D eigenvalue weighted by molar-refractivity contribution is 5.94. The van der Waals surface area contributed by atoms with Crippen molar-refractivity contribution in [1.29, 1.82) is 0 Å². The van der Waals surface area contributed by atoms with Crippen LogP contribution < -0.4 is 5.32 Å². The smallest absolute Gasteiger partial charge is 0.345 e. The Balaban J connectivity index is 1.55. The van der Waals surface area contributed by atoms with Crippen LogP contribution in [-0.4, -0.2) is 15.5 Å². The Bertz CT molecular complexity index is 1210. The van der Waals surface area contributed by atoms with Crippen LogP contribution in [0.3, 0.4) is 0 Å². The molecule has 4 aromatic rings. The number of nitrogens with one attached hydrogen (secondary N) is 1. The van der Waals surface area contributed by atoms with Crippen LogP contribution >= 0.6 is 0 Å². The van der Waals surface area contributed by atoms with Crippen LogP contribution in [0, 0.1) is 6.92 Å². The van der Waals surface area contributed by atoms with Gasteiger partial charge in [0, 0.05) is 12.1 Å². The molecule has 7 heteroatoms. The fourth-order valence-electron chi connectivity index (χ4n) is 3.38. The van der Waals surface area contributed by atoms with Crippen molar-refractivity contribution in [2.45, 2.75) is 26.2 Å². The number of imidazole rings is 1. The molecule has 3 aromatic carbocycles. The molecule has 4 rings (SSSR count). The second-order valence-corrected chi connectivity index (χ2v) is 7.35. The average Bonchev–Trinajstić information content (AvgIpc) is 3.10. The number of para-hydroxylation sites is 2. The molecule has 1 amide bonds. The summed E-state index contributed by atoms with van der Waals surface area (Å²) in [5.41, 5.74) is 3.40. The van der Waals surface area contributed by atoms with Crippen LogP contribution in [0.4, 0.5) is 13.2 Å². The first kappa shape index (κ1) is 20.7. The van der Waals surface area contributed by atoms with Crippen molar-refractivity contribution in [3.8, 4) is 0 Å². The number of hydrogen-bond donors (Lipinski definition) is 1. The molecule has 0 radical (unpaired) electrons. The van der Waals surface area contributed by atoms with Gasteiger partial charge in [0.05, 0.1) is 23.1 Å². The number of alkyl halides is 3. The highest BCUT2D eigenvalue weighted by atomic mass is 19.4. The van der Waals surface area contributed by atoms with Gasteiger partial charge >= 0.3 is 6.18 Å². The van der Waals surface area contributed by atoms with E-state index in [0.29, 0.717) is 12.4 Å². The van der Waals surface area contributed by atoms with E-state index in [1.807, 2.05) is 47.9 Å². The van der Waals surface area contributed by atoms with E-state index in [1.165, 1.54) is 17.7 Å². The summed E-state index contributed by atoms with van der Waals surface area (Å²) < 4.78 is 40.2. The summed E-state index contributed by atoms with van der Waals surface area (Å²) in [5, 5.41) is 2.77. The highest BCUT2D eigenvalue weighted by Crippen LogP contribution is 2.29. The summed E-state index contributed by atoms with van der Waals surface area (Å²) in [6.07, 6.45) is -4.43. The minimum Gasteiger partial charge on any atom is -0.345 e. The Labute approximate surface area is 177 Å². The molecule has 0 spiro atoms. The Hall–Kier alpha value is -3.61. The van der Waals surface area contributed by atoms with Gasteiger partial charge in [0.1, 0.15) is 5.82 Å². The van der Waals surface area contributed by atoms with E-state index in [9.17, 15) is 18.0 Å². The first-order valence-corrected chi connectivity index (χ1v) is 9.76. The maximum Gasteiger partial charge on any atom is 0.416 e. The van der Waals surface area contributed by atoms with Gasteiger partial charge < -0.3 is 9.88 Å². The summed E-state index contributed by atoms with van der Waals surface area (Å²) in [7, 11) is 0. The molecule has 0 saturated heterocycles. The number of carbonyl (C=O) groups is 1. The zero-order chi connectivity index (χ0) is 22.0. The highest BCUT2D eigenvalue weighted by Gasteiger charge is 2.30. The number of aromatic nitrogens is 2. The first-order valence-electron chi connectivity index (χ1n) is 9.76. The van der Waals surface area contributed by atoms with Gasteiger partial charge in [-0.25, -0.2) is 4.98 Å². The van der Waals surface area contributed by atoms with Crippen molar-refractivity contribution in [1.82, 2.24) is 14.9 Å². The molecule has 158 valence electrons. The van der Waals surface area contributed by atoms with E-state index in [0.717, 1.165) is 28.7 Å². The van der Waals surface area contributed by atoms with Gasteiger partial charge in [-0.2, -0.15) is 13.2 Å². The molecular formula is C24H20F3N3O. The van der Waals surface area contributed by atoms with Crippen molar-refractivity contribution in [3.63, 3.8) is 0 Å². The van der Waals surface area contributed by atoms with Crippen molar-refractivity contribution < 1.29 is 18.0 Å². The number of benzene rings is 3. The van der Waals surface area contributed by atoms with E-state index >= 15 is 0 Å². The van der Waals surface area contributed by atoms with Crippen molar-refractivity contribution in [2.24, 2.45) is 0 Å². The first-order chi connectivity index (χ1) is 14.8. The van der Waals surface area contributed by atoms with Gasteiger partial charge in [-0.15, -0.1) is 0 Å². The third-order valence-corrected chi connectivity index (χ3v) is 5.08. The van der Waals surface area contributed by atoms with Crippen LogP contribution in [0.25, 0.3) is 11.0 Å². The minimum atomic E-state index is -4.43. The van der Waals surface area contributed by atoms with Gasteiger partial charge in [0.25, 0.3) is 5.91 Å². The van der Waals surface area contributed by atoms with Crippen LogP contribution in [-0.2, 0) is 19.3 Å². The molecule has 1 N–H and O–H groups in total. The van der Waals surface area contributed by atoms with Crippen molar-refractivity contribution in [3.05, 3.63) is 101 Å². The second kappa shape index (κ2) is 8.26. The van der Waals surface area contributed by atoms with Crippen LogP contribution in [0.15, 0.2) is 72.8 Å². The molecule has 0 unspecified atom stereocenters. The molecule has 0 fully saturated rings. The maximum absolute atomic E-state index is 12.7. The molecule has 31 heavy (non-hydrogen) atoms. The maximum atomic E-state index is 12.7. The van der Waals surface area contributed by atoms with Gasteiger partial charge in [-0.1, -0.05) is 42.0 Å². The van der Waals surface area contributed by atoms with E-state index < -0.39 is 17.6 Å². The van der Waals surface area contributed by atoms with E-state index in [-0.39, 0.29) is 12.1 Å². The molecule has 0 aliphatic carbocycles. The quantitative estimate of drug-likeness (QED) is 0.471. The number of amides is 1. The Morgan fingerprint density at radius 1 is 0.968 bits per heavy atom. The summed E-state index contributed by atoms with van der Waals surface area (Å²) in [6, 6.07) is 20.0. The normalized spacial score (nSPS) is 11.6. The molecule has 0 aliphatic heterocycles. The number of hydrogen-bond acceptors (Lipinski definition) is 2. The lowest BCUT2D eigenvalue weighted by Crippen LogP contribution is -2.25. The standard InChI is InChI=1S/C24H20F3N3O/c1-16-6-8-17(9-7-16)15-30-21-5-3-2-4-20(21)29-22(30)14-28-23(31)18-10-12-19(13-11-18)24(25,26)27/h2-13H,14-15H2,1H3,(H,28,31). The minimum absolute atomic E-state index is 0.153. The van der Waals surface area contributed by atoms with E-state index in [1.54, 1.807) is 0 Å². The Morgan fingerprint density at radius 2 is 1.65 bits per heavy atom. The number of carbonyl (C=O) groups excluding carboxylic acids is 1. The topological polar surface area (TPSA) is 46.9 Å². The summed E-state index contributed by atoms with van der Waals surface area (Å²) >= 11 is 0. The fourth-order valence-corrected chi connectivity index (χ4v) is 3.38. The fraction of sp³-hybridized carbons (Fsp3) is 0.167. The van der Waals surface area contributed by atoms with Crippen molar-refractivity contribution >= 4 is 16.9 Å². The summed E-state index contributed by atoms with van der Waals surface area (Å²) in [4.78, 5) is 17.1. The zero-order valence-electron chi connectivity index (χ0n) is 16.8. The second-order valence-electron chi connectivity index (χ2n) is 7.35. The SMILES string of the molecule is Cc1ccc(Cn2c(CNC(=O)c3ccc(C(F)(F)F)cc3)nc3ccccc32)cc1. The Morgan fingerprint density at radius 3 is 2.32 bits per heavy atom. The third-order valence-electron chi connectivity index (χ3n) is 5.08. The van der Waals surface area contributed by atoms with Crippen LogP contribution in [0.1, 0.15) is 32.9 Å². The average molecular weight is 423 g/mol. The monoisotopic (exact) mass is 423 g/mol. The zero-order valence-corrected chi connectivity index (χ0v) is 16.8. The predicted molar refractivity (Wildman–Crippen MR) is 113 cm³/mol. The number of halogens is 3. The number of fused-ring (bicyclic) bond motifs is 1. The van der Waals surface area contributed by atoms with Gasteiger partial charge in [0.2, 0.25) is 0 Å². The molecule has 0 saturated carbocycles. The van der Waals surface area contributed by atoms with Gasteiger partial charge in [0.15, 0.2) is 0 Å². The molecule has 1 heterocycles. The molecule has 0 bridgehead atoms. The summed E-state index contributed by atoms with van der Waals surface area (Å²) in [5.74, 6) is 0.213. The number of nitrogens with zero attached hydrogens (tertiary/aromatic N) is 2. The lowest BCUT2D eigenvalue weighted by Gasteiger charge is -2.11. The van der Waals surface area contributed by atoms with E-state index in [2.05, 4.69) is 22.4 Å². The van der Waals surface area contributed by atoms with E-state index in [4.69, 9.17) is 0 Å². The lowest BCUT2D eigenvalue weighted by atomic mass is 10.1. The van der Waals surface area contributed by atoms with Gasteiger partial charge in [-0.3, -0.25) is 4.79 Å². The van der Waals surface area contributed by atoms with Crippen LogP contribution in [0.5, 0.6) is 0 Å². The largest absolute Gasteiger partial charge is 0.416 e. The molecule has 4 nitrogen and oxygen atoms in total. The molecule has 1 aromatic heterocycles. The summed E-state index contributed by atoms with van der Waals surface area (Å²) in [6.45, 7) is 2.77. The number of rotatable bonds is 5. The third kappa shape index (κ3) is 4.60. The number of aryl methyl sites for hydroxylation is 1.